The first kappa shape index (κ1) is 18.4. The zero-order chi connectivity index (χ0) is 19.2. The fraction of sp³-hybridized carbons (Fsp3) is 0.222. The van der Waals surface area contributed by atoms with Gasteiger partial charge in [-0.3, -0.25) is 4.79 Å². The molecule has 9 heteroatoms. The number of nitrogens with zero attached hydrogens (tertiary/aromatic N) is 4. The van der Waals surface area contributed by atoms with E-state index in [1.54, 1.807) is 7.11 Å². The summed E-state index contributed by atoms with van der Waals surface area (Å²) in [6, 6.07) is 10.8. The number of amides is 1. The molecule has 0 aliphatic carbocycles. The van der Waals surface area contributed by atoms with E-state index in [1.807, 2.05) is 24.3 Å². The fourth-order valence-corrected chi connectivity index (χ4v) is 2.45. The first-order valence-electron chi connectivity index (χ1n) is 8.19. The summed E-state index contributed by atoms with van der Waals surface area (Å²) in [6.07, 6.45) is 0.864. The van der Waals surface area contributed by atoms with Crippen LogP contribution in [0.4, 0.5) is 8.78 Å². The Labute approximate surface area is 154 Å². The van der Waals surface area contributed by atoms with E-state index in [0.29, 0.717) is 18.7 Å². The van der Waals surface area contributed by atoms with Gasteiger partial charge >= 0.3 is 0 Å². The maximum atomic E-state index is 13.4. The van der Waals surface area contributed by atoms with Gasteiger partial charge in [0.25, 0.3) is 0 Å². The van der Waals surface area contributed by atoms with Crippen LogP contribution >= 0.6 is 0 Å². The second-order valence-corrected chi connectivity index (χ2v) is 5.73. The Morgan fingerprint density at radius 1 is 1.15 bits per heavy atom. The Balaban J connectivity index is 1.56. The van der Waals surface area contributed by atoms with Crippen LogP contribution in [0.25, 0.3) is 5.69 Å². The van der Waals surface area contributed by atoms with Crippen LogP contribution in [-0.4, -0.2) is 33.2 Å². The second-order valence-electron chi connectivity index (χ2n) is 5.73. The smallest absolute Gasteiger partial charge is 0.220 e. The van der Waals surface area contributed by atoms with Crippen LogP contribution in [-0.2, 0) is 17.8 Å². The minimum absolute atomic E-state index is 0.0629. The Hall–Kier alpha value is -3.36. The van der Waals surface area contributed by atoms with Crippen molar-refractivity contribution >= 4 is 5.91 Å². The lowest BCUT2D eigenvalue weighted by Gasteiger charge is -2.07. The van der Waals surface area contributed by atoms with Crippen molar-refractivity contribution in [1.29, 1.82) is 0 Å². The summed E-state index contributed by atoms with van der Waals surface area (Å²) in [5, 5.41) is 13.8. The van der Waals surface area contributed by atoms with Gasteiger partial charge in [-0.05, 0) is 46.7 Å². The summed E-state index contributed by atoms with van der Waals surface area (Å²) < 4.78 is 32.8. The molecule has 0 aliphatic rings. The predicted molar refractivity (Wildman–Crippen MR) is 92.2 cm³/mol. The highest BCUT2D eigenvalue weighted by atomic mass is 19.2. The standard InChI is InChI=1S/C18H17F2N5O2/c1-27-14-6-2-12(3-7-14)4-9-18(26)21-11-17-22-23-24-25(17)13-5-8-15(19)16(20)10-13/h2-3,5-8,10H,4,9,11H2,1H3,(H,21,26). The van der Waals surface area contributed by atoms with E-state index in [1.165, 1.54) is 10.7 Å². The lowest BCUT2D eigenvalue weighted by Crippen LogP contribution is -2.25. The van der Waals surface area contributed by atoms with Gasteiger partial charge in [0.2, 0.25) is 5.91 Å². The third-order valence-corrected chi connectivity index (χ3v) is 3.93. The molecule has 1 amide bonds. The van der Waals surface area contributed by atoms with Gasteiger partial charge < -0.3 is 10.1 Å². The van der Waals surface area contributed by atoms with Crippen molar-refractivity contribution in [2.75, 3.05) is 7.11 Å². The molecule has 0 aliphatic heterocycles. The molecular weight excluding hydrogens is 356 g/mol. The Bertz CT molecular complexity index is 928. The fourth-order valence-electron chi connectivity index (χ4n) is 2.45. The first-order valence-corrected chi connectivity index (χ1v) is 8.19. The molecule has 0 spiro atoms. The topological polar surface area (TPSA) is 81.9 Å². The average molecular weight is 373 g/mol. The molecule has 1 aromatic heterocycles. The van der Waals surface area contributed by atoms with E-state index in [0.717, 1.165) is 23.4 Å². The average Bonchev–Trinajstić information content (AvgIpc) is 3.16. The molecule has 0 radical (unpaired) electrons. The van der Waals surface area contributed by atoms with Crippen LogP contribution in [0.3, 0.4) is 0 Å². The number of rotatable bonds is 7. The molecule has 1 heterocycles. The normalized spacial score (nSPS) is 10.6. The van der Waals surface area contributed by atoms with E-state index in [4.69, 9.17) is 4.74 Å². The third kappa shape index (κ3) is 4.63. The summed E-state index contributed by atoms with van der Waals surface area (Å²) in [5.74, 6) is -1.07. The molecule has 3 rings (SSSR count). The molecule has 1 N–H and O–H groups in total. The summed E-state index contributed by atoms with van der Waals surface area (Å²) >= 11 is 0. The maximum Gasteiger partial charge on any atom is 0.220 e. The van der Waals surface area contributed by atoms with Gasteiger partial charge in [-0.1, -0.05) is 12.1 Å². The zero-order valence-corrected chi connectivity index (χ0v) is 14.5. The number of hydrogen-bond donors (Lipinski definition) is 1. The van der Waals surface area contributed by atoms with Gasteiger partial charge in [-0.2, -0.15) is 4.68 Å². The van der Waals surface area contributed by atoms with Crippen LogP contribution in [0.1, 0.15) is 17.8 Å². The third-order valence-electron chi connectivity index (χ3n) is 3.93. The number of tetrazole rings is 1. The van der Waals surface area contributed by atoms with Gasteiger partial charge in [-0.15, -0.1) is 5.10 Å². The van der Waals surface area contributed by atoms with E-state index in [9.17, 15) is 13.6 Å². The molecule has 0 bridgehead atoms. The molecular formula is C18H17F2N5O2. The van der Waals surface area contributed by atoms with Crippen molar-refractivity contribution in [3.8, 4) is 11.4 Å². The van der Waals surface area contributed by atoms with Gasteiger partial charge in [0.15, 0.2) is 17.5 Å². The Morgan fingerprint density at radius 2 is 1.93 bits per heavy atom. The molecule has 3 aromatic rings. The second kappa shape index (κ2) is 8.35. The SMILES string of the molecule is COc1ccc(CCC(=O)NCc2nnnn2-c2ccc(F)c(F)c2)cc1. The van der Waals surface area contributed by atoms with Crippen LogP contribution in [0.2, 0.25) is 0 Å². The highest BCUT2D eigenvalue weighted by Gasteiger charge is 2.12. The lowest BCUT2D eigenvalue weighted by molar-refractivity contribution is -0.121. The summed E-state index contributed by atoms with van der Waals surface area (Å²) in [6.45, 7) is 0.0629. The number of hydrogen-bond acceptors (Lipinski definition) is 5. The molecule has 140 valence electrons. The molecule has 0 unspecified atom stereocenters. The molecule has 2 aromatic carbocycles. The van der Waals surface area contributed by atoms with Crippen molar-refractivity contribution in [2.45, 2.75) is 19.4 Å². The molecule has 0 saturated heterocycles. The van der Waals surface area contributed by atoms with Gasteiger partial charge in [0.1, 0.15) is 5.75 Å². The number of aryl methyl sites for hydroxylation is 1. The van der Waals surface area contributed by atoms with Crippen molar-refractivity contribution in [1.82, 2.24) is 25.5 Å². The van der Waals surface area contributed by atoms with E-state index >= 15 is 0 Å². The van der Waals surface area contributed by atoms with Crippen LogP contribution < -0.4 is 10.1 Å². The Kier molecular flexibility index (Phi) is 5.70. The van der Waals surface area contributed by atoms with Gasteiger partial charge in [0.05, 0.1) is 19.3 Å². The number of benzene rings is 2. The quantitative estimate of drug-likeness (QED) is 0.687. The minimum Gasteiger partial charge on any atom is -0.497 e. The van der Waals surface area contributed by atoms with E-state index in [2.05, 4.69) is 20.8 Å². The van der Waals surface area contributed by atoms with Crippen molar-refractivity contribution < 1.29 is 18.3 Å². The van der Waals surface area contributed by atoms with Crippen molar-refractivity contribution in [3.05, 3.63) is 65.5 Å². The number of halogens is 2. The number of ether oxygens (including phenoxy) is 1. The summed E-state index contributed by atoms with van der Waals surface area (Å²) in [5.41, 5.74) is 1.28. The van der Waals surface area contributed by atoms with Crippen LogP contribution in [0.5, 0.6) is 5.75 Å². The predicted octanol–water partition coefficient (Wildman–Crippen LogP) is 2.20. The number of methoxy groups -OCH3 is 1. The monoisotopic (exact) mass is 373 g/mol. The molecule has 0 saturated carbocycles. The molecule has 27 heavy (non-hydrogen) atoms. The van der Waals surface area contributed by atoms with Crippen molar-refractivity contribution in [3.63, 3.8) is 0 Å². The van der Waals surface area contributed by atoms with E-state index < -0.39 is 11.6 Å². The van der Waals surface area contributed by atoms with Crippen LogP contribution in [0, 0.1) is 11.6 Å². The van der Waals surface area contributed by atoms with Gasteiger partial charge in [0, 0.05) is 12.5 Å². The Morgan fingerprint density at radius 3 is 2.63 bits per heavy atom. The zero-order valence-electron chi connectivity index (χ0n) is 14.5. The van der Waals surface area contributed by atoms with Crippen molar-refractivity contribution in [2.24, 2.45) is 0 Å². The maximum absolute atomic E-state index is 13.4. The molecule has 7 nitrogen and oxygen atoms in total. The molecule has 0 fully saturated rings. The number of carbonyl (C=O) groups is 1. The number of nitrogens with one attached hydrogen (secondary N) is 1. The highest BCUT2D eigenvalue weighted by Crippen LogP contribution is 2.14. The van der Waals surface area contributed by atoms with Gasteiger partial charge in [-0.25, -0.2) is 8.78 Å². The largest absolute Gasteiger partial charge is 0.497 e. The lowest BCUT2D eigenvalue weighted by atomic mass is 10.1. The number of aromatic nitrogens is 4. The molecule has 0 atom stereocenters. The van der Waals surface area contributed by atoms with E-state index in [-0.39, 0.29) is 18.1 Å². The summed E-state index contributed by atoms with van der Waals surface area (Å²) in [7, 11) is 1.59. The first-order chi connectivity index (χ1) is 13.1. The number of carbonyl (C=O) groups excluding carboxylic acids is 1. The van der Waals surface area contributed by atoms with Crippen LogP contribution in [0.15, 0.2) is 42.5 Å². The minimum atomic E-state index is -1.00. The highest BCUT2D eigenvalue weighted by molar-refractivity contribution is 5.76. The summed E-state index contributed by atoms with van der Waals surface area (Å²) in [4.78, 5) is 12.1.